The summed E-state index contributed by atoms with van der Waals surface area (Å²) in [6.07, 6.45) is 1.56. The lowest BCUT2D eigenvalue weighted by atomic mass is 9.97. The quantitative estimate of drug-likeness (QED) is 0.805. The number of methoxy groups -OCH3 is 1. The van der Waals surface area contributed by atoms with Gasteiger partial charge in [-0.15, -0.1) is 0 Å². The molecule has 0 bridgehead atoms. The minimum Gasteiger partial charge on any atom is -0.495 e. The van der Waals surface area contributed by atoms with Crippen LogP contribution in [0.15, 0.2) is 24.3 Å². The van der Waals surface area contributed by atoms with E-state index in [0.717, 1.165) is 12.8 Å². The summed E-state index contributed by atoms with van der Waals surface area (Å²) >= 11 is 0. The highest BCUT2D eigenvalue weighted by atomic mass is 32.2. The molecular formula is C17H27N3O4S. The number of rotatable bonds is 6. The molecule has 1 aliphatic heterocycles. The lowest BCUT2D eigenvalue weighted by Gasteiger charge is -2.32. The van der Waals surface area contributed by atoms with Crippen molar-refractivity contribution in [1.82, 2.24) is 9.62 Å². The predicted octanol–water partition coefficient (Wildman–Crippen LogP) is 2.27. The number of sulfonamides is 1. The van der Waals surface area contributed by atoms with Crippen molar-refractivity contribution < 1.29 is 17.9 Å². The number of carbonyl (C=O) groups is 1. The molecule has 1 aliphatic rings. The summed E-state index contributed by atoms with van der Waals surface area (Å²) in [5, 5.41) is 2.44. The Morgan fingerprint density at radius 1 is 1.28 bits per heavy atom. The minimum absolute atomic E-state index is 0.161. The molecule has 0 aromatic heterocycles. The highest BCUT2D eigenvalue weighted by Gasteiger charge is 2.25. The first-order valence-electron chi connectivity index (χ1n) is 8.51. The minimum atomic E-state index is -3.23. The molecule has 2 amide bonds. The van der Waals surface area contributed by atoms with Crippen LogP contribution in [0, 0.1) is 5.92 Å². The number of nitrogens with zero attached hydrogens (tertiary/aromatic N) is 1. The van der Waals surface area contributed by atoms with Gasteiger partial charge in [-0.25, -0.2) is 17.9 Å². The predicted molar refractivity (Wildman–Crippen MR) is 98.4 cm³/mol. The Balaban J connectivity index is 1.82. The molecule has 0 radical (unpaired) electrons. The molecule has 140 valence electrons. The van der Waals surface area contributed by atoms with Crippen LogP contribution in [0.3, 0.4) is 0 Å². The summed E-state index contributed by atoms with van der Waals surface area (Å²) in [7, 11) is -1.67. The number of hydrogen-bond acceptors (Lipinski definition) is 4. The van der Waals surface area contributed by atoms with Gasteiger partial charge < -0.3 is 15.0 Å². The van der Waals surface area contributed by atoms with E-state index in [0.29, 0.717) is 31.1 Å². The van der Waals surface area contributed by atoms with Gasteiger partial charge in [-0.3, -0.25) is 0 Å². The van der Waals surface area contributed by atoms with Crippen LogP contribution in [0.5, 0.6) is 5.75 Å². The summed E-state index contributed by atoms with van der Waals surface area (Å²) in [5.41, 5.74) is 0.641. The van der Waals surface area contributed by atoms with Crippen LogP contribution in [0.1, 0.15) is 26.7 Å². The highest BCUT2D eigenvalue weighted by Crippen LogP contribution is 2.24. The number of para-hydroxylation sites is 2. The Morgan fingerprint density at radius 3 is 2.52 bits per heavy atom. The van der Waals surface area contributed by atoms with Crippen LogP contribution in [0.25, 0.3) is 0 Å². The zero-order valence-corrected chi connectivity index (χ0v) is 15.8. The molecule has 0 aliphatic carbocycles. The summed E-state index contributed by atoms with van der Waals surface area (Å²) < 4.78 is 31.5. The lowest BCUT2D eigenvalue weighted by molar-refractivity contribution is 0.183. The van der Waals surface area contributed by atoms with E-state index in [4.69, 9.17) is 4.74 Å². The first-order valence-corrected chi connectivity index (χ1v) is 10.1. The lowest BCUT2D eigenvalue weighted by Crippen LogP contribution is -2.44. The number of urea groups is 1. The van der Waals surface area contributed by atoms with Crippen LogP contribution < -0.4 is 14.8 Å². The smallest absolute Gasteiger partial charge is 0.321 e. The van der Waals surface area contributed by atoms with E-state index in [9.17, 15) is 13.2 Å². The van der Waals surface area contributed by atoms with Gasteiger partial charge in [-0.2, -0.15) is 0 Å². The van der Waals surface area contributed by atoms with Gasteiger partial charge in [0.05, 0.1) is 18.0 Å². The third-order valence-corrected chi connectivity index (χ3v) is 6.25. The first kappa shape index (κ1) is 19.5. The van der Waals surface area contributed by atoms with E-state index in [-0.39, 0.29) is 11.9 Å². The van der Waals surface area contributed by atoms with Gasteiger partial charge >= 0.3 is 6.03 Å². The van der Waals surface area contributed by atoms with Crippen molar-refractivity contribution in [3.05, 3.63) is 24.3 Å². The molecule has 0 unspecified atom stereocenters. The van der Waals surface area contributed by atoms with Crippen LogP contribution in [-0.2, 0) is 10.0 Å². The van der Waals surface area contributed by atoms with E-state index >= 15 is 0 Å². The number of piperidine rings is 1. The van der Waals surface area contributed by atoms with E-state index in [2.05, 4.69) is 10.0 Å². The third kappa shape index (κ3) is 5.34. The first-order chi connectivity index (χ1) is 11.8. The van der Waals surface area contributed by atoms with Crippen molar-refractivity contribution in [2.75, 3.05) is 32.1 Å². The van der Waals surface area contributed by atoms with Crippen molar-refractivity contribution in [3.8, 4) is 5.75 Å². The maximum absolute atomic E-state index is 12.4. The molecule has 1 aromatic carbocycles. The van der Waals surface area contributed by atoms with Crippen LogP contribution in [0.2, 0.25) is 0 Å². The number of nitrogens with one attached hydrogen (secondary N) is 2. The second-order valence-electron chi connectivity index (χ2n) is 6.50. The molecule has 0 atom stereocenters. The van der Waals surface area contributed by atoms with Gasteiger partial charge in [0.25, 0.3) is 0 Å². The molecule has 2 rings (SSSR count). The largest absolute Gasteiger partial charge is 0.495 e. The second kappa shape index (κ2) is 8.53. The van der Waals surface area contributed by atoms with Crippen molar-refractivity contribution >= 4 is 21.7 Å². The van der Waals surface area contributed by atoms with Gasteiger partial charge in [0.1, 0.15) is 5.75 Å². The Kier molecular flexibility index (Phi) is 6.66. The van der Waals surface area contributed by atoms with E-state index in [1.807, 2.05) is 12.1 Å². The van der Waals surface area contributed by atoms with Crippen molar-refractivity contribution in [2.24, 2.45) is 5.92 Å². The summed E-state index contributed by atoms with van der Waals surface area (Å²) in [5.74, 6) is 0.873. The molecule has 1 fully saturated rings. The Hall–Kier alpha value is -1.80. The molecule has 1 heterocycles. The van der Waals surface area contributed by atoms with E-state index in [1.54, 1.807) is 38.0 Å². The van der Waals surface area contributed by atoms with Gasteiger partial charge in [0.2, 0.25) is 10.0 Å². The second-order valence-corrected chi connectivity index (χ2v) is 8.82. The summed E-state index contributed by atoms with van der Waals surface area (Å²) in [6, 6.07) is 7.11. The number of anilines is 1. The maximum atomic E-state index is 12.4. The molecule has 1 saturated heterocycles. The number of carbonyl (C=O) groups excluding carboxylic acids is 1. The average molecular weight is 369 g/mol. The number of benzene rings is 1. The summed E-state index contributed by atoms with van der Waals surface area (Å²) in [4.78, 5) is 14.1. The number of amides is 2. The molecule has 0 spiro atoms. The molecule has 1 aromatic rings. The fraction of sp³-hybridized carbons (Fsp3) is 0.588. The third-order valence-electron chi connectivity index (χ3n) is 4.44. The topological polar surface area (TPSA) is 87.7 Å². The average Bonchev–Trinajstić information content (AvgIpc) is 2.60. The van der Waals surface area contributed by atoms with Gasteiger partial charge in [0.15, 0.2) is 0 Å². The molecule has 8 heteroatoms. The Morgan fingerprint density at radius 2 is 1.92 bits per heavy atom. The molecule has 0 saturated carbocycles. The van der Waals surface area contributed by atoms with Crippen molar-refractivity contribution in [2.45, 2.75) is 31.9 Å². The number of ether oxygens (including phenoxy) is 1. The van der Waals surface area contributed by atoms with E-state index in [1.165, 1.54) is 0 Å². The zero-order chi connectivity index (χ0) is 18.4. The SMILES string of the molecule is COc1ccccc1NC(=O)N1CCC(CNS(=O)(=O)C(C)C)CC1. The molecular weight excluding hydrogens is 342 g/mol. The fourth-order valence-electron chi connectivity index (χ4n) is 2.68. The summed E-state index contributed by atoms with van der Waals surface area (Å²) in [6.45, 7) is 4.97. The monoisotopic (exact) mass is 369 g/mol. The zero-order valence-electron chi connectivity index (χ0n) is 15.0. The van der Waals surface area contributed by atoms with E-state index < -0.39 is 15.3 Å². The van der Waals surface area contributed by atoms with Crippen LogP contribution in [-0.4, -0.2) is 51.3 Å². The van der Waals surface area contributed by atoms with Gasteiger partial charge in [-0.05, 0) is 44.7 Å². The fourth-order valence-corrected chi connectivity index (χ4v) is 3.48. The standard InChI is InChI=1S/C17H27N3O4S/c1-13(2)25(22,23)18-12-14-8-10-20(11-9-14)17(21)19-15-6-4-5-7-16(15)24-3/h4-7,13-14,18H,8-12H2,1-3H3,(H,19,21). The van der Waals surface area contributed by atoms with Crippen molar-refractivity contribution in [3.63, 3.8) is 0 Å². The van der Waals surface area contributed by atoms with Gasteiger partial charge in [-0.1, -0.05) is 12.1 Å². The van der Waals surface area contributed by atoms with Gasteiger partial charge in [0, 0.05) is 19.6 Å². The highest BCUT2D eigenvalue weighted by molar-refractivity contribution is 7.90. The number of likely N-dealkylation sites (tertiary alicyclic amines) is 1. The van der Waals surface area contributed by atoms with Crippen molar-refractivity contribution in [1.29, 1.82) is 0 Å². The van der Waals surface area contributed by atoms with Crippen LogP contribution >= 0.6 is 0 Å². The number of hydrogen-bond donors (Lipinski definition) is 2. The Labute approximate surface area is 149 Å². The van der Waals surface area contributed by atoms with Crippen LogP contribution in [0.4, 0.5) is 10.5 Å². The maximum Gasteiger partial charge on any atom is 0.321 e. The molecule has 25 heavy (non-hydrogen) atoms. The Bertz CT molecular complexity index is 683. The normalized spacial score (nSPS) is 16.1. The molecule has 2 N–H and O–H groups in total. The molecule has 7 nitrogen and oxygen atoms in total.